The van der Waals surface area contributed by atoms with E-state index in [9.17, 15) is 4.79 Å². The van der Waals surface area contributed by atoms with Crippen LogP contribution in [0.25, 0.3) is 0 Å². The van der Waals surface area contributed by atoms with Gasteiger partial charge in [-0.2, -0.15) is 5.10 Å². The van der Waals surface area contributed by atoms with Crippen molar-refractivity contribution in [1.29, 1.82) is 0 Å². The van der Waals surface area contributed by atoms with Crippen molar-refractivity contribution >= 4 is 5.91 Å². The van der Waals surface area contributed by atoms with Gasteiger partial charge in [0, 0.05) is 24.3 Å². The van der Waals surface area contributed by atoms with Gasteiger partial charge in [0.05, 0.1) is 11.7 Å². The third-order valence-corrected chi connectivity index (χ3v) is 5.68. The Hall–Kier alpha value is -2.50. The summed E-state index contributed by atoms with van der Waals surface area (Å²) in [4.78, 5) is 14.9. The second-order valence-electron chi connectivity index (χ2n) is 8.34. The first-order valence-corrected chi connectivity index (χ1v) is 10.2. The lowest BCUT2D eigenvalue weighted by Gasteiger charge is -2.33. The van der Waals surface area contributed by atoms with Crippen molar-refractivity contribution in [3.63, 3.8) is 0 Å². The number of hydrogen-bond acceptors (Lipinski definition) is 4. The summed E-state index contributed by atoms with van der Waals surface area (Å²) in [5.41, 5.74) is 3.11. The Labute approximate surface area is 166 Å². The monoisotopic (exact) mass is 383 g/mol. The Kier molecular flexibility index (Phi) is 5.04. The highest BCUT2D eigenvalue weighted by molar-refractivity contribution is 5.95. The van der Waals surface area contributed by atoms with Crippen molar-refractivity contribution in [3.05, 3.63) is 41.2 Å². The molecule has 1 amide bonds. The van der Waals surface area contributed by atoms with Crippen LogP contribution in [-0.4, -0.2) is 40.5 Å². The fourth-order valence-corrected chi connectivity index (χ4v) is 3.96. The highest BCUT2D eigenvalue weighted by Gasteiger charge is 2.28. The number of fused-ring (bicyclic) bond motifs is 1. The first-order valence-electron chi connectivity index (χ1n) is 10.2. The van der Waals surface area contributed by atoms with Gasteiger partial charge in [-0.1, -0.05) is 27.7 Å². The number of ether oxygens (including phenoxy) is 2. The van der Waals surface area contributed by atoms with Gasteiger partial charge in [0.2, 0.25) is 6.79 Å². The van der Waals surface area contributed by atoms with E-state index in [1.54, 1.807) is 6.07 Å². The molecule has 1 aromatic carbocycles. The molecule has 0 bridgehead atoms. The number of hydrogen-bond donors (Lipinski definition) is 0. The molecular formula is C22H29N3O3. The van der Waals surface area contributed by atoms with Crippen molar-refractivity contribution in [2.45, 2.75) is 58.4 Å². The molecule has 0 saturated carbocycles. The van der Waals surface area contributed by atoms with E-state index in [1.165, 1.54) is 5.69 Å². The molecule has 1 aromatic heterocycles. The fourth-order valence-electron chi connectivity index (χ4n) is 3.96. The smallest absolute Gasteiger partial charge is 0.253 e. The zero-order chi connectivity index (χ0) is 19.8. The van der Waals surface area contributed by atoms with Crippen LogP contribution >= 0.6 is 0 Å². The van der Waals surface area contributed by atoms with Crippen LogP contribution in [0, 0.1) is 0 Å². The van der Waals surface area contributed by atoms with Crippen molar-refractivity contribution in [2.24, 2.45) is 0 Å². The van der Waals surface area contributed by atoms with Crippen molar-refractivity contribution < 1.29 is 14.3 Å². The molecule has 0 atom stereocenters. The molecule has 6 nitrogen and oxygen atoms in total. The molecule has 6 heteroatoms. The number of benzene rings is 1. The highest BCUT2D eigenvalue weighted by atomic mass is 16.7. The van der Waals surface area contributed by atoms with E-state index in [0.29, 0.717) is 34.9 Å². The standard InChI is InChI=1S/C22H29N3O3/c1-14(2)18-12-19(15(3)4)25(23-18)17-7-9-24(10-8-17)22(26)16-5-6-20-21(11-16)28-13-27-20/h5-6,11-12,14-15,17H,7-10,13H2,1-4H3. The summed E-state index contributed by atoms with van der Waals surface area (Å²) in [6, 6.07) is 8.02. The number of carbonyl (C=O) groups excluding carboxylic acids is 1. The largest absolute Gasteiger partial charge is 0.454 e. The van der Waals surface area contributed by atoms with Crippen LogP contribution in [0.4, 0.5) is 0 Å². The van der Waals surface area contributed by atoms with E-state index < -0.39 is 0 Å². The molecule has 28 heavy (non-hydrogen) atoms. The number of amides is 1. The van der Waals surface area contributed by atoms with E-state index in [-0.39, 0.29) is 12.7 Å². The van der Waals surface area contributed by atoms with Gasteiger partial charge in [-0.05, 0) is 48.9 Å². The van der Waals surface area contributed by atoms with Crippen LogP contribution in [0.1, 0.15) is 80.2 Å². The molecule has 3 heterocycles. The summed E-state index contributed by atoms with van der Waals surface area (Å²) in [5.74, 6) is 2.28. The van der Waals surface area contributed by atoms with Gasteiger partial charge in [-0.25, -0.2) is 0 Å². The Balaban J connectivity index is 1.45. The van der Waals surface area contributed by atoms with Crippen LogP contribution in [-0.2, 0) is 0 Å². The Morgan fingerprint density at radius 2 is 1.75 bits per heavy atom. The van der Waals surface area contributed by atoms with Crippen LogP contribution in [0.2, 0.25) is 0 Å². The molecule has 2 aromatic rings. The van der Waals surface area contributed by atoms with Gasteiger partial charge >= 0.3 is 0 Å². The van der Waals surface area contributed by atoms with Crippen LogP contribution in [0.15, 0.2) is 24.3 Å². The Morgan fingerprint density at radius 1 is 1.04 bits per heavy atom. The molecule has 0 N–H and O–H groups in total. The maximum Gasteiger partial charge on any atom is 0.253 e. The van der Waals surface area contributed by atoms with Gasteiger partial charge in [0.15, 0.2) is 11.5 Å². The third-order valence-electron chi connectivity index (χ3n) is 5.68. The molecule has 0 unspecified atom stereocenters. The lowest BCUT2D eigenvalue weighted by atomic mass is 10.0. The van der Waals surface area contributed by atoms with Gasteiger partial charge in [0.25, 0.3) is 5.91 Å². The van der Waals surface area contributed by atoms with Gasteiger partial charge in [-0.3, -0.25) is 9.48 Å². The minimum atomic E-state index is 0.0594. The first kappa shape index (κ1) is 18.8. The summed E-state index contributed by atoms with van der Waals surface area (Å²) < 4.78 is 13.0. The van der Waals surface area contributed by atoms with E-state index in [4.69, 9.17) is 14.6 Å². The number of likely N-dealkylation sites (tertiary alicyclic amines) is 1. The molecule has 150 valence electrons. The van der Waals surface area contributed by atoms with Gasteiger partial charge in [-0.15, -0.1) is 0 Å². The minimum absolute atomic E-state index is 0.0594. The van der Waals surface area contributed by atoms with E-state index >= 15 is 0 Å². The van der Waals surface area contributed by atoms with Crippen molar-refractivity contribution in [1.82, 2.24) is 14.7 Å². The normalized spacial score (nSPS) is 17.0. The lowest BCUT2D eigenvalue weighted by Crippen LogP contribution is -2.39. The number of piperidine rings is 1. The summed E-state index contributed by atoms with van der Waals surface area (Å²) in [6.07, 6.45) is 1.85. The number of carbonyl (C=O) groups is 1. The van der Waals surface area contributed by atoms with Crippen LogP contribution < -0.4 is 9.47 Å². The maximum absolute atomic E-state index is 12.9. The average molecular weight is 383 g/mol. The van der Waals surface area contributed by atoms with Crippen molar-refractivity contribution in [3.8, 4) is 11.5 Å². The summed E-state index contributed by atoms with van der Waals surface area (Å²) >= 11 is 0. The lowest BCUT2D eigenvalue weighted by molar-refractivity contribution is 0.0688. The summed E-state index contributed by atoms with van der Waals surface area (Å²) in [7, 11) is 0. The molecule has 2 aliphatic heterocycles. The number of nitrogens with zero attached hydrogens (tertiary/aromatic N) is 3. The highest BCUT2D eigenvalue weighted by Crippen LogP contribution is 2.34. The second-order valence-corrected chi connectivity index (χ2v) is 8.34. The van der Waals surface area contributed by atoms with Crippen LogP contribution in [0.5, 0.6) is 11.5 Å². The minimum Gasteiger partial charge on any atom is -0.454 e. The molecule has 4 rings (SSSR count). The SMILES string of the molecule is CC(C)c1cc(C(C)C)n(C2CCN(C(=O)c3ccc4c(c3)OCO4)CC2)n1. The molecule has 1 fully saturated rings. The zero-order valence-corrected chi connectivity index (χ0v) is 17.1. The summed E-state index contributed by atoms with van der Waals surface area (Å²) in [5, 5.41) is 4.90. The Morgan fingerprint density at radius 3 is 2.43 bits per heavy atom. The van der Waals surface area contributed by atoms with E-state index in [1.807, 2.05) is 17.0 Å². The molecule has 0 spiro atoms. The van der Waals surface area contributed by atoms with E-state index in [0.717, 1.165) is 31.6 Å². The molecule has 0 aliphatic carbocycles. The number of rotatable bonds is 4. The predicted octanol–water partition coefficient (Wildman–Crippen LogP) is 4.34. The predicted molar refractivity (Wildman–Crippen MR) is 107 cm³/mol. The average Bonchev–Trinajstić information content (AvgIpc) is 3.34. The van der Waals surface area contributed by atoms with E-state index in [2.05, 4.69) is 38.4 Å². The molecule has 2 aliphatic rings. The second kappa shape index (κ2) is 7.49. The zero-order valence-electron chi connectivity index (χ0n) is 17.1. The molecular weight excluding hydrogens is 354 g/mol. The third kappa shape index (κ3) is 3.48. The Bertz CT molecular complexity index is 864. The fraction of sp³-hybridized carbons (Fsp3) is 0.545. The summed E-state index contributed by atoms with van der Waals surface area (Å²) in [6.45, 7) is 10.5. The van der Waals surface area contributed by atoms with Crippen molar-refractivity contribution in [2.75, 3.05) is 19.9 Å². The topological polar surface area (TPSA) is 56.6 Å². The maximum atomic E-state index is 12.9. The number of aromatic nitrogens is 2. The first-order chi connectivity index (χ1) is 13.4. The quantitative estimate of drug-likeness (QED) is 0.788. The van der Waals surface area contributed by atoms with Gasteiger partial charge < -0.3 is 14.4 Å². The molecule has 1 saturated heterocycles. The molecule has 0 radical (unpaired) electrons. The van der Waals surface area contributed by atoms with Crippen LogP contribution in [0.3, 0.4) is 0 Å². The van der Waals surface area contributed by atoms with Gasteiger partial charge in [0.1, 0.15) is 0 Å².